The van der Waals surface area contributed by atoms with E-state index >= 15 is 0 Å². The number of benzene rings is 2. The Kier molecular flexibility index (Phi) is 5.31. The van der Waals surface area contributed by atoms with Crippen LogP contribution in [-0.4, -0.2) is 41.6 Å². The lowest BCUT2D eigenvalue weighted by atomic mass is 10.0. The molecule has 0 bridgehead atoms. The molecule has 0 amide bonds. The van der Waals surface area contributed by atoms with Crippen LogP contribution in [0.5, 0.6) is 0 Å². The van der Waals surface area contributed by atoms with E-state index in [0.717, 1.165) is 34.6 Å². The SMILES string of the molecule is CCC(c1ccc2[nH]cc(C3=C(c4ccccc4)OCCO3)c2c1)=[N+]1CCCCC1. The maximum atomic E-state index is 6.16. The number of H-pyrrole nitrogens is 1. The fourth-order valence-electron chi connectivity index (χ4n) is 4.68. The van der Waals surface area contributed by atoms with Crippen molar-refractivity contribution in [2.45, 2.75) is 32.6 Å². The van der Waals surface area contributed by atoms with Gasteiger partial charge in [0.05, 0.1) is 0 Å². The molecule has 30 heavy (non-hydrogen) atoms. The van der Waals surface area contributed by atoms with Crippen molar-refractivity contribution in [1.29, 1.82) is 0 Å². The molecule has 2 aromatic carbocycles. The van der Waals surface area contributed by atoms with E-state index in [1.54, 1.807) is 0 Å². The number of ether oxygens (including phenoxy) is 2. The van der Waals surface area contributed by atoms with Crippen molar-refractivity contribution in [1.82, 2.24) is 4.98 Å². The summed E-state index contributed by atoms with van der Waals surface area (Å²) >= 11 is 0. The first-order chi connectivity index (χ1) is 14.8. The summed E-state index contributed by atoms with van der Waals surface area (Å²) in [4.78, 5) is 3.43. The lowest BCUT2D eigenvalue weighted by Gasteiger charge is -2.22. The largest absolute Gasteiger partial charge is 0.485 e. The highest BCUT2D eigenvalue weighted by atomic mass is 16.6. The molecule has 0 saturated carbocycles. The fraction of sp³-hybridized carbons (Fsp3) is 0.346. The van der Waals surface area contributed by atoms with Crippen LogP contribution in [-0.2, 0) is 9.47 Å². The Bertz CT molecular complexity index is 1100. The van der Waals surface area contributed by atoms with Gasteiger partial charge < -0.3 is 14.5 Å². The van der Waals surface area contributed by atoms with Gasteiger partial charge in [-0.1, -0.05) is 37.3 Å². The molecule has 0 atom stereocenters. The van der Waals surface area contributed by atoms with Gasteiger partial charge in [-0.05, 0) is 24.6 Å². The molecule has 0 unspecified atom stereocenters. The Hall–Kier alpha value is -3.01. The van der Waals surface area contributed by atoms with E-state index in [1.165, 1.54) is 49.0 Å². The van der Waals surface area contributed by atoms with E-state index in [0.29, 0.717) is 13.2 Å². The maximum absolute atomic E-state index is 6.16. The number of aromatic nitrogens is 1. The lowest BCUT2D eigenvalue weighted by Crippen LogP contribution is -2.27. The maximum Gasteiger partial charge on any atom is 0.183 e. The zero-order chi connectivity index (χ0) is 20.3. The average molecular weight is 402 g/mol. The number of hydrogen-bond donors (Lipinski definition) is 1. The Morgan fingerprint density at radius 1 is 0.933 bits per heavy atom. The second-order valence-electron chi connectivity index (χ2n) is 8.03. The third-order valence-electron chi connectivity index (χ3n) is 6.15. The van der Waals surface area contributed by atoms with Crippen LogP contribution in [0.3, 0.4) is 0 Å². The van der Waals surface area contributed by atoms with Crippen molar-refractivity contribution in [2.24, 2.45) is 0 Å². The van der Waals surface area contributed by atoms with E-state index in [2.05, 4.69) is 46.8 Å². The summed E-state index contributed by atoms with van der Waals surface area (Å²) in [6.07, 6.45) is 7.03. The van der Waals surface area contributed by atoms with Crippen LogP contribution in [0.25, 0.3) is 22.4 Å². The quantitative estimate of drug-likeness (QED) is 0.592. The van der Waals surface area contributed by atoms with E-state index in [4.69, 9.17) is 9.47 Å². The van der Waals surface area contributed by atoms with Crippen LogP contribution in [0.4, 0.5) is 0 Å². The molecular weight excluding hydrogens is 372 g/mol. The minimum absolute atomic E-state index is 0.568. The molecule has 1 N–H and O–H groups in total. The first-order valence-corrected chi connectivity index (χ1v) is 11.1. The van der Waals surface area contributed by atoms with Gasteiger partial charge in [-0.25, -0.2) is 4.58 Å². The molecule has 4 nitrogen and oxygen atoms in total. The third kappa shape index (κ3) is 3.51. The van der Waals surface area contributed by atoms with Crippen LogP contribution in [0.15, 0.2) is 54.7 Å². The van der Waals surface area contributed by atoms with Crippen molar-refractivity contribution in [3.05, 3.63) is 71.4 Å². The van der Waals surface area contributed by atoms with Crippen LogP contribution in [0.2, 0.25) is 0 Å². The highest BCUT2D eigenvalue weighted by Gasteiger charge is 2.23. The first kappa shape index (κ1) is 19.0. The van der Waals surface area contributed by atoms with Crippen molar-refractivity contribution in [3.8, 4) is 0 Å². The number of fused-ring (bicyclic) bond motifs is 1. The molecule has 1 fully saturated rings. The van der Waals surface area contributed by atoms with E-state index in [9.17, 15) is 0 Å². The smallest absolute Gasteiger partial charge is 0.183 e. The summed E-state index contributed by atoms with van der Waals surface area (Å²) in [5.41, 5.74) is 6.00. The highest BCUT2D eigenvalue weighted by molar-refractivity contribution is 6.03. The number of rotatable bonds is 4. The predicted octanol–water partition coefficient (Wildman–Crippen LogP) is 5.44. The zero-order valence-corrected chi connectivity index (χ0v) is 17.6. The number of piperidine rings is 1. The molecule has 1 saturated heterocycles. The molecule has 1 aromatic heterocycles. The molecule has 0 radical (unpaired) electrons. The zero-order valence-electron chi connectivity index (χ0n) is 17.6. The summed E-state index contributed by atoms with van der Waals surface area (Å²) in [5.74, 6) is 1.65. The van der Waals surface area contributed by atoms with Gasteiger partial charge in [0.2, 0.25) is 0 Å². The van der Waals surface area contributed by atoms with Gasteiger partial charge in [0.15, 0.2) is 17.2 Å². The van der Waals surface area contributed by atoms with E-state index in [-0.39, 0.29) is 0 Å². The summed E-state index contributed by atoms with van der Waals surface area (Å²) in [6, 6.07) is 17.0. The third-order valence-corrected chi connectivity index (χ3v) is 6.15. The Morgan fingerprint density at radius 2 is 1.70 bits per heavy atom. The van der Waals surface area contributed by atoms with Crippen molar-refractivity contribution < 1.29 is 14.0 Å². The fourth-order valence-corrected chi connectivity index (χ4v) is 4.68. The molecule has 2 aliphatic rings. The molecule has 0 spiro atoms. The Balaban J connectivity index is 1.63. The number of hydrogen-bond acceptors (Lipinski definition) is 2. The van der Waals surface area contributed by atoms with Crippen molar-refractivity contribution in [3.63, 3.8) is 0 Å². The van der Waals surface area contributed by atoms with Crippen molar-refractivity contribution in [2.75, 3.05) is 26.3 Å². The van der Waals surface area contributed by atoms with Gasteiger partial charge in [0.25, 0.3) is 0 Å². The standard InChI is InChI=1S/C26H28N2O2/c1-2-24(28-13-7-4-8-14-28)20-11-12-23-21(17-20)22(18-27-23)26-25(29-15-16-30-26)19-9-5-3-6-10-19/h3,5-6,9-12,17-18H,2,4,7-8,13-16H2,1H3/p+1. The molecule has 3 heterocycles. The van der Waals surface area contributed by atoms with Gasteiger partial charge in [-0.2, -0.15) is 0 Å². The summed E-state index contributed by atoms with van der Waals surface area (Å²) in [7, 11) is 0. The monoisotopic (exact) mass is 401 g/mol. The van der Waals surface area contributed by atoms with Gasteiger partial charge in [0.1, 0.15) is 26.3 Å². The summed E-state index contributed by atoms with van der Waals surface area (Å²) < 4.78 is 14.8. The second kappa shape index (κ2) is 8.39. The normalized spacial score (nSPS) is 17.0. The van der Waals surface area contributed by atoms with E-state index in [1.807, 2.05) is 24.4 Å². The Labute approximate surface area is 177 Å². The van der Waals surface area contributed by atoms with Gasteiger partial charge in [-0.15, -0.1) is 0 Å². The van der Waals surface area contributed by atoms with Gasteiger partial charge in [0, 0.05) is 53.1 Å². The van der Waals surface area contributed by atoms with Crippen LogP contribution in [0.1, 0.15) is 49.3 Å². The van der Waals surface area contributed by atoms with Gasteiger partial charge >= 0.3 is 0 Å². The molecule has 154 valence electrons. The highest BCUT2D eigenvalue weighted by Crippen LogP contribution is 2.35. The molecule has 0 aliphatic carbocycles. The number of nitrogens with one attached hydrogen (secondary N) is 1. The van der Waals surface area contributed by atoms with Crippen LogP contribution >= 0.6 is 0 Å². The minimum Gasteiger partial charge on any atom is -0.485 e. The molecule has 2 aliphatic heterocycles. The molecule has 4 heteroatoms. The molecular formula is C26H29N2O2+. The topological polar surface area (TPSA) is 37.3 Å². The first-order valence-electron chi connectivity index (χ1n) is 11.1. The summed E-state index contributed by atoms with van der Waals surface area (Å²) in [6.45, 7) is 5.74. The Morgan fingerprint density at radius 3 is 2.47 bits per heavy atom. The molecule has 3 aromatic rings. The predicted molar refractivity (Wildman–Crippen MR) is 122 cm³/mol. The summed E-state index contributed by atoms with van der Waals surface area (Å²) in [5, 5.41) is 1.18. The number of aromatic amines is 1. The van der Waals surface area contributed by atoms with E-state index < -0.39 is 0 Å². The minimum atomic E-state index is 0.568. The number of nitrogens with zero attached hydrogens (tertiary/aromatic N) is 1. The van der Waals surface area contributed by atoms with Crippen LogP contribution < -0.4 is 0 Å². The lowest BCUT2D eigenvalue weighted by molar-refractivity contribution is -0.537. The average Bonchev–Trinajstić information content (AvgIpc) is 3.24. The van der Waals surface area contributed by atoms with Gasteiger partial charge in [-0.3, -0.25) is 0 Å². The van der Waals surface area contributed by atoms with Crippen molar-refractivity contribution >= 4 is 28.1 Å². The molecule has 5 rings (SSSR count). The van der Waals surface area contributed by atoms with Crippen LogP contribution in [0, 0.1) is 0 Å². The second-order valence-corrected chi connectivity index (χ2v) is 8.03.